The molecule has 1 aromatic heterocycles. The Kier molecular flexibility index (Phi) is 5.36. The highest BCUT2D eigenvalue weighted by molar-refractivity contribution is 6.07. The van der Waals surface area contributed by atoms with E-state index in [1.54, 1.807) is 12.4 Å². The van der Waals surface area contributed by atoms with Gasteiger partial charge in [0.2, 0.25) is 0 Å². The first-order chi connectivity index (χ1) is 14.0. The van der Waals surface area contributed by atoms with Crippen molar-refractivity contribution in [3.63, 3.8) is 0 Å². The standard InChI is InChI=1S/C25H24N2O2/c1-16(28)22-14-21-9-12-27-25(24(21)15-23(22)17(2)29)13-18-3-5-19(6-4-18)20-7-10-26-11-8-20/h3-8,10-11,14-15,25,27H,9,12-13H2,1-2H3. The number of aromatic nitrogens is 1. The summed E-state index contributed by atoms with van der Waals surface area (Å²) in [5.74, 6) is -0.121. The van der Waals surface area contributed by atoms with Gasteiger partial charge in [0.15, 0.2) is 11.6 Å². The van der Waals surface area contributed by atoms with E-state index in [-0.39, 0.29) is 17.6 Å². The second-order valence-electron chi connectivity index (χ2n) is 7.60. The van der Waals surface area contributed by atoms with Gasteiger partial charge in [-0.05, 0) is 85.3 Å². The number of fused-ring (bicyclic) bond motifs is 1. The smallest absolute Gasteiger partial charge is 0.160 e. The summed E-state index contributed by atoms with van der Waals surface area (Å²) < 4.78 is 0. The Morgan fingerprint density at radius 2 is 1.55 bits per heavy atom. The molecule has 0 radical (unpaired) electrons. The van der Waals surface area contributed by atoms with Crippen LogP contribution in [-0.2, 0) is 12.8 Å². The third kappa shape index (κ3) is 4.03. The zero-order valence-corrected chi connectivity index (χ0v) is 16.7. The number of Topliss-reactive ketones (excluding diaryl/α,β-unsaturated/α-hetero) is 2. The van der Waals surface area contributed by atoms with Gasteiger partial charge >= 0.3 is 0 Å². The summed E-state index contributed by atoms with van der Waals surface area (Å²) in [6, 6.07) is 16.6. The molecule has 1 N–H and O–H groups in total. The normalized spacial score (nSPS) is 15.6. The molecule has 4 nitrogen and oxygen atoms in total. The molecular formula is C25H24N2O2. The fourth-order valence-corrected chi connectivity index (χ4v) is 4.07. The molecule has 0 bridgehead atoms. The molecule has 0 saturated heterocycles. The molecule has 2 heterocycles. The summed E-state index contributed by atoms with van der Waals surface area (Å²) in [5.41, 5.74) is 6.90. The summed E-state index contributed by atoms with van der Waals surface area (Å²) in [6.45, 7) is 3.91. The lowest BCUT2D eigenvalue weighted by atomic mass is 9.85. The first-order valence-electron chi connectivity index (χ1n) is 9.94. The van der Waals surface area contributed by atoms with Crippen molar-refractivity contribution in [3.05, 3.63) is 88.7 Å². The second-order valence-corrected chi connectivity index (χ2v) is 7.60. The van der Waals surface area contributed by atoms with Gasteiger partial charge in [-0.2, -0.15) is 0 Å². The SMILES string of the molecule is CC(=O)c1cc2c(cc1C(C)=O)C(Cc1ccc(-c3ccncc3)cc1)NCC2. The molecule has 146 valence electrons. The minimum Gasteiger partial charge on any atom is -0.309 e. The maximum atomic E-state index is 12.1. The summed E-state index contributed by atoms with van der Waals surface area (Å²) >= 11 is 0. The van der Waals surface area contributed by atoms with E-state index in [9.17, 15) is 9.59 Å². The molecule has 1 unspecified atom stereocenters. The highest BCUT2D eigenvalue weighted by Crippen LogP contribution is 2.30. The van der Waals surface area contributed by atoms with Crippen LogP contribution in [0.2, 0.25) is 0 Å². The van der Waals surface area contributed by atoms with Crippen LogP contribution in [0.4, 0.5) is 0 Å². The van der Waals surface area contributed by atoms with Crippen molar-refractivity contribution in [3.8, 4) is 11.1 Å². The summed E-state index contributed by atoms with van der Waals surface area (Å²) in [4.78, 5) is 28.2. The molecule has 1 atom stereocenters. The van der Waals surface area contributed by atoms with Gasteiger partial charge in [0.1, 0.15) is 0 Å². The van der Waals surface area contributed by atoms with Gasteiger partial charge < -0.3 is 5.32 Å². The van der Waals surface area contributed by atoms with Crippen LogP contribution in [0.25, 0.3) is 11.1 Å². The maximum Gasteiger partial charge on any atom is 0.160 e. The quantitative estimate of drug-likeness (QED) is 0.654. The van der Waals surface area contributed by atoms with E-state index in [4.69, 9.17) is 0 Å². The van der Waals surface area contributed by atoms with Crippen molar-refractivity contribution in [2.24, 2.45) is 0 Å². The van der Waals surface area contributed by atoms with E-state index in [2.05, 4.69) is 34.6 Å². The van der Waals surface area contributed by atoms with E-state index in [0.717, 1.165) is 41.6 Å². The molecule has 0 saturated carbocycles. The molecule has 1 aliphatic rings. The minimum absolute atomic E-state index is 0.0558. The number of carbonyl (C=O) groups excluding carboxylic acids is 2. The lowest BCUT2D eigenvalue weighted by Gasteiger charge is -2.28. The van der Waals surface area contributed by atoms with E-state index >= 15 is 0 Å². The molecule has 0 aliphatic carbocycles. The largest absolute Gasteiger partial charge is 0.309 e. The predicted molar refractivity (Wildman–Crippen MR) is 114 cm³/mol. The first-order valence-corrected chi connectivity index (χ1v) is 9.94. The number of hydrogen-bond acceptors (Lipinski definition) is 4. The topological polar surface area (TPSA) is 59.1 Å². The van der Waals surface area contributed by atoms with Crippen molar-refractivity contribution in [1.82, 2.24) is 10.3 Å². The van der Waals surface area contributed by atoms with Crippen molar-refractivity contribution < 1.29 is 9.59 Å². The van der Waals surface area contributed by atoms with Gasteiger partial charge in [-0.15, -0.1) is 0 Å². The Hall–Kier alpha value is -3.11. The van der Waals surface area contributed by atoms with E-state index in [0.29, 0.717) is 11.1 Å². The molecule has 0 fully saturated rings. The first kappa shape index (κ1) is 19.2. The second kappa shape index (κ2) is 8.10. The fourth-order valence-electron chi connectivity index (χ4n) is 4.07. The van der Waals surface area contributed by atoms with Crippen LogP contribution in [0.5, 0.6) is 0 Å². The van der Waals surface area contributed by atoms with Gasteiger partial charge in [0.25, 0.3) is 0 Å². The lowest BCUT2D eigenvalue weighted by molar-refractivity contribution is 0.0980. The lowest BCUT2D eigenvalue weighted by Crippen LogP contribution is -2.32. The Morgan fingerprint density at radius 1 is 0.931 bits per heavy atom. The van der Waals surface area contributed by atoms with Crippen LogP contribution >= 0.6 is 0 Å². The van der Waals surface area contributed by atoms with Crippen molar-refractivity contribution >= 4 is 11.6 Å². The monoisotopic (exact) mass is 384 g/mol. The number of nitrogens with zero attached hydrogens (tertiary/aromatic N) is 1. The molecule has 0 amide bonds. The molecule has 0 spiro atoms. The van der Waals surface area contributed by atoms with Crippen LogP contribution in [0.15, 0.2) is 60.9 Å². The third-order valence-electron chi connectivity index (χ3n) is 5.61. The third-order valence-corrected chi connectivity index (χ3v) is 5.61. The van der Waals surface area contributed by atoms with Crippen molar-refractivity contribution in [1.29, 1.82) is 0 Å². The average Bonchev–Trinajstić information content (AvgIpc) is 2.74. The highest BCUT2D eigenvalue weighted by atomic mass is 16.1. The molecule has 3 aromatic rings. The number of benzene rings is 2. The van der Waals surface area contributed by atoms with Gasteiger partial charge in [0, 0.05) is 29.6 Å². The molecule has 29 heavy (non-hydrogen) atoms. The summed E-state index contributed by atoms with van der Waals surface area (Å²) in [5, 5.41) is 3.58. The zero-order valence-electron chi connectivity index (χ0n) is 16.7. The Labute approximate surface area is 171 Å². The van der Waals surface area contributed by atoms with Crippen LogP contribution in [-0.4, -0.2) is 23.1 Å². The minimum atomic E-state index is -0.0657. The molecular weight excluding hydrogens is 360 g/mol. The number of carbonyl (C=O) groups is 2. The predicted octanol–water partition coefficient (Wildman–Crippen LogP) is 4.58. The van der Waals surface area contributed by atoms with Gasteiger partial charge in [-0.3, -0.25) is 14.6 Å². The molecule has 2 aromatic carbocycles. The van der Waals surface area contributed by atoms with Gasteiger partial charge in [-0.1, -0.05) is 24.3 Å². The van der Waals surface area contributed by atoms with Crippen LogP contribution < -0.4 is 5.32 Å². The van der Waals surface area contributed by atoms with E-state index in [1.165, 1.54) is 19.4 Å². The van der Waals surface area contributed by atoms with Crippen molar-refractivity contribution in [2.75, 3.05) is 6.54 Å². The number of hydrogen-bond donors (Lipinski definition) is 1. The van der Waals surface area contributed by atoms with Crippen LogP contribution in [0.1, 0.15) is 57.3 Å². The van der Waals surface area contributed by atoms with Crippen LogP contribution in [0.3, 0.4) is 0 Å². The number of ketones is 2. The van der Waals surface area contributed by atoms with Gasteiger partial charge in [0.05, 0.1) is 0 Å². The zero-order chi connectivity index (χ0) is 20.4. The highest BCUT2D eigenvalue weighted by Gasteiger charge is 2.24. The molecule has 4 rings (SSSR count). The molecule has 1 aliphatic heterocycles. The molecule has 4 heteroatoms. The van der Waals surface area contributed by atoms with E-state index in [1.807, 2.05) is 24.3 Å². The Balaban J connectivity index is 1.62. The van der Waals surface area contributed by atoms with Crippen LogP contribution in [0, 0.1) is 0 Å². The van der Waals surface area contributed by atoms with Crippen molar-refractivity contribution in [2.45, 2.75) is 32.7 Å². The Morgan fingerprint density at radius 3 is 2.21 bits per heavy atom. The Bertz CT molecular complexity index is 1060. The number of rotatable bonds is 5. The summed E-state index contributed by atoms with van der Waals surface area (Å²) in [7, 11) is 0. The average molecular weight is 384 g/mol. The van der Waals surface area contributed by atoms with Gasteiger partial charge in [-0.25, -0.2) is 0 Å². The number of pyridine rings is 1. The van der Waals surface area contributed by atoms with E-state index < -0.39 is 0 Å². The fraction of sp³-hybridized carbons (Fsp3) is 0.240. The maximum absolute atomic E-state index is 12.1. The summed E-state index contributed by atoms with van der Waals surface area (Å²) in [6.07, 6.45) is 5.30. The number of nitrogens with one attached hydrogen (secondary N) is 1.